The first-order valence-corrected chi connectivity index (χ1v) is 10.4. The molecule has 1 unspecified atom stereocenters. The third-order valence-corrected chi connectivity index (χ3v) is 5.31. The third-order valence-electron chi connectivity index (χ3n) is 4.09. The van der Waals surface area contributed by atoms with E-state index in [0.29, 0.717) is 37.1 Å². The van der Waals surface area contributed by atoms with E-state index >= 15 is 0 Å². The van der Waals surface area contributed by atoms with Crippen LogP contribution in [0.3, 0.4) is 0 Å². The average molecular weight is 395 g/mol. The summed E-state index contributed by atoms with van der Waals surface area (Å²) < 4.78 is 17.3. The van der Waals surface area contributed by atoms with Crippen LogP contribution in [-0.4, -0.2) is 25.3 Å². The molecule has 0 saturated carbocycles. The van der Waals surface area contributed by atoms with Crippen LogP contribution in [-0.2, 0) is 0 Å². The predicted octanol–water partition coefficient (Wildman–Crippen LogP) is 1.96. The molecule has 2 rings (SSSR count). The largest absolute Gasteiger partial charge is 1.00 e. The Kier molecular flexibility index (Phi) is 10.1. The van der Waals surface area contributed by atoms with Crippen molar-refractivity contribution in [1.82, 2.24) is 0 Å². The fourth-order valence-electron chi connectivity index (χ4n) is 3.19. The molecule has 2 aromatic carbocycles. The van der Waals surface area contributed by atoms with Crippen LogP contribution in [0.5, 0.6) is 17.2 Å². The molecular weight excluding hydrogens is 366 g/mol. The Hall–Kier alpha value is -1.46. The standard InChI is InChI=1S/C22H29O4P.Li/c1-7-24-17-12-18(25-8-2)21(19(13-17)26-9-3)27-22(23)20-15(5)10-14(4)11-16(20)6;/h10-13,27H,7-9H2,1-6H3;/q;+1. The minimum Gasteiger partial charge on any atom is -0.494 e. The van der Waals surface area contributed by atoms with Gasteiger partial charge in [-0.25, -0.2) is 0 Å². The maximum Gasteiger partial charge on any atom is 1.00 e. The van der Waals surface area contributed by atoms with Gasteiger partial charge in [-0.3, -0.25) is 4.79 Å². The quantitative estimate of drug-likeness (QED) is 0.481. The van der Waals surface area contributed by atoms with Crippen LogP contribution in [0.15, 0.2) is 24.3 Å². The van der Waals surface area contributed by atoms with Crippen LogP contribution < -0.4 is 38.4 Å². The normalized spacial score (nSPS) is 10.6. The summed E-state index contributed by atoms with van der Waals surface area (Å²) in [6.07, 6.45) is 0. The maximum absolute atomic E-state index is 13.2. The molecule has 28 heavy (non-hydrogen) atoms. The molecule has 4 nitrogen and oxygen atoms in total. The number of hydrogen-bond donors (Lipinski definition) is 0. The van der Waals surface area contributed by atoms with Crippen molar-refractivity contribution < 1.29 is 37.9 Å². The molecule has 2 aromatic rings. The van der Waals surface area contributed by atoms with E-state index in [1.54, 1.807) is 0 Å². The fourth-order valence-corrected chi connectivity index (χ4v) is 4.47. The molecule has 0 heterocycles. The van der Waals surface area contributed by atoms with Crippen molar-refractivity contribution in [2.24, 2.45) is 0 Å². The van der Waals surface area contributed by atoms with E-state index < -0.39 is 0 Å². The molecule has 1 atom stereocenters. The topological polar surface area (TPSA) is 44.8 Å². The van der Waals surface area contributed by atoms with Crippen molar-refractivity contribution in [3.63, 3.8) is 0 Å². The number of ether oxygens (including phenoxy) is 3. The molecule has 0 bridgehead atoms. The van der Waals surface area contributed by atoms with Crippen molar-refractivity contribution in [2.75, 3.05) is 19.8 Å². The summed E-state index contributed by atoms with van der Waals surface area (Å²) in [5.41, 5.74) is 4.06. The van der Waals surface area contributed by atoms with Gasteiger partial charge in [-0.05, 0) is 61.3 Å². The van der Waals surface area contributed by atoms with Crippen LogP contribution in [0.1, 0.15) is 47.8 Å². The summed E-state index contributed by atoms with van der Waals surface area (Å²) in [6, 6.07) is 7.80. The molecule has 0 saturated heterocycles. The zero-order valence-electron chi connectivity index (χ0n) is 18.1. The second kappa shape index (κ2) is 11.5. The van der Waals surface area contributed by atoms with Crippen molar-refractivity contribution in [3.05, 3.63) is 46.5 Å². The molecule has 0 aliphatic heterocycles. The van der Waals surface area contributed by atoms with Crippen molar-refractivity contribution >= 4 is 19.4 Å². The van der Waals surface area contributed by atoms with Gasteiger partial charge in [0.1, 0.15) is 17.2 Å². The Bertz CT molecular complexity index is 770. The van der Waals surface area contributed by atoms with Crippen LogP contribution in [0.4, 0.5) is 0 Å². The van der Waals surface area contributed by atoms with E-state index in [2.05, 4.69) is 12.1 Å². The molecule has 0 amide bonds. The zero-order chi connectivity index (χ0) is 20.0. The van der Waals surface area contributed by atoms with Gasteiger partial charge in [0, 0.05) is 17.7 Å². The van der Waals surface area contributed by atoms with Gasteiger partial charge in [-0.2, -0.15) is 0 Å². The monoisotopic (exact) mass is 395 g/mol. The maximum atomic E-state index is 13.2. The van der Waals surface area contributed by atoms with Gasteiger partial charge in [0.15, 0.2) is 5.52 Å². The van der Waals surface area contributed by atoms with Gasteiger partial charge in [0.25, 0.3) is 0 Å². The Morgan fingerprint density at radius 3 is 1.71 bits per heavy atom. The smallest absolute Gasteiger partial charge is 0.494 e. The summed E-state index contributed by atoms with van der Waals surface area (Å²) in [7, 11) is -0.0834. The Morgan fingerprint density at radius 2 is 1.29 bits per heavy atom. The molecule has 0 N–H and O–H groups in total. The Labute approximate surface area is 182 Å². The zero-order valence-corrected chi connectivity index (χ0v) is 19.1. The number of carbonyl (C=O) groups excluding carboxylic acids is 1. The van der Waals surface area contributed by atoms with Gasteiger partial charge in [-0.15, -0.1) is 0 Å². The summed E-state index contributed by atoms with van der Waals surface area (Å²) >= 11 is 0. The summed E-state index contributed by atoms with van der Waals surface area (Å²) in [5, 5.41) is 0.798. The van der Waals surface area contributed by atoms with E-state index in [9.17, 15) is 4.79 Å². The summed E-state index contributed by atoms with van der Waals surface area (Å²) in [6.45, 7) is 13.4. The minimum atomic E-state index is -0.0834. The van der Waals surface area contributed by atoms with Crippen molar-refractivity contribution in [2.45, 2.75) is 41.5 Å². The predicted molar refractivity (Wildman–Crippen MR) is 113 cm³/mol. The van der Waals surface area contributed by atoms with E-state index in [1.807, 2.05) is 53.7 Å². The fraction of sp³-hybridized carbons (Fsp3) is 0.409. The number of aryl methyl sites for hydroxylation is 3. The van der Waals surface area contributed by atoms with Crippen LogP contribution in [0, 0.1) is 20.8 Å². The van der Waals surface area contributed by atoms with Gasteiger partial charge in [0.2, 0.25) is 0 Å². The molecule has 0 fully saturated rings. The Morgan fingerprint density at radius 1 is 0.821 bits per heavy atom. The molecule has 0 aliphatic carbocycles. The first-order chi connectivity index (χ1) is 12.9. The van der Waals surface area contributed by atoms with E-state index in [4.69, 9.17) is 14.2 Å². The SMILES string of the molecule is CCOc1cc(OCC)c(PC(=O)c2c(C)cc(C)cc2C)c(OCC)c1.[Li+]. The van der Waals surface area contributed by atoms with Gasteiger partial charge in [0.05, 0.1) is 25.1 Å². The van der Waals surface area contributed by atoms with Gasteiger partial charge < -0.3 is 14.2 Å². The van der Waals surface area contributed by atoms with E-state index in [1.165, 1.54) is 0 Å². The number of benzene rings is 2. The van der Waals surface area contributed by atoms with Gasteiger partial charge in [-0.1, -0.05) is 17.7 Å². The van der Waals surface area contributed by atoms with E-state index in [-0.39, 0.29) is 33.0 Å². The molecular formula is C22H29LiO4P+. The molecule has 146 valence electrons. The first-order valence-electron chi connectivity index (χ1n) is 9.36. The molecule has 0 aliphatic rings. The third kappa shape index (κ3) is 6.02. The first kappa shape index (κ1) is 24.6. The minimum absolute atomic E-state index is 0. The Balaban J connectivity index is 0.00000392. The number of rotatable bonds is 9. The molecule has 0 radical (unpaired) electrons. The second-order valence-electron chi connectivity index (χ2n) is 6.32. The van der Waals surface area contributed by atoms with Crippen LogP contribution in [0.2, 0.25) is 0 Å². The summed E-state index contributed by atoms with van der Waals surface area (Å²) in [5.74, 6) is 2.00. The summed E-state index contributed by atoms with van der Waals surface area (Å²) in [4.78, 5) is 13.2. The average Bonchev–Trinajstić information content (AvgIpc) is 2.57. The van der Waals surface area contributed by atoms with Crippen molar-refractivity contribution in [3.8, 4) is 17.2 Å². The number of hydrogen-bond acceptors (Lipinski definition) is 4. The van der Waals surface area contributed by atoms with Crippen LogP contribution in [0.25, 0.3) is 0 Å². The second-order valence-corrected chi connectivity index (χ2v) is 7.53. The van der Waals surface area contributed by atoms with Gasteiger partial charge >= 0.3 is 18.9 Å². The molecule has 0 aromatic heterocycles. The van der Waals surface area contributed by atoms with E-state index in [0.717, 1.165) is 27.6 Å². The van der Waals surface area contributed by atoms with Crippen molar-refractivity contribution in [1.29, 1.82) is 0 Å². The van der Waals surface area contributed by atoms with Crippen LogP contribution >= 0.6 is 8.58 Å². The molecule has 6 heteroatoms. The number of carbonyl (C=O) groups is 1. The molecule has 0 spiro atoms.